The van der Waals surface area contributed by atoms with Crippen LogP contribution < -0.4 is 16.4 Å². The zero-order valence-electron chi connectivity index (χ0n) is 10.4. The predicted octanol–water partition coefficient (Wildman–Crippen LogP) is 1.99. The lowest BCUT2D eigenvalue weighted by atomic mass is 10.1. The van der Waals surface area contributed by atoms with Crippen LogP contribution in [0.3, 0.4) is 0 Å². The molecule has 0 unspecified atom stereocenters. The van der Waals surface area contributed by atoms with Crippen molar-refractivity contribution in [2.45, 2.75) is 13.0 Å². The van der Waals surface area contributed by atoms with E-state index in [9.17, 15) is 4.79 Å². The molecule has 4 nitrogen and oxygen atoms in total. The highest BCUT2D eigenvalue weighted by molar-refractivity contribution is 7.10. The Morgan fingerprint density at radius 1 is 1.32 bits per heavy atom. The van der Waals surface area contributed by atoms with Crippen LogP contribution in [-0.2, 0) is 13.0 Å². The summed E-state index contributed by atoms with van der Waals surface area (Å²) >= 11 is 1.81. The standard InChI is InChI=1S/C14H15N3OS/c15-11-7-9(14(16)18)1-2-12(11)17-5-3-13-10(8-17)4-6-19-13/h1-2,4,6-7H,3,5,8,15H2,(H2,16,18). The number of anilines is 2. The van der Waals surface area contributed by atoms with Crippen molar-refractivity contribution in [3.05, 3.63) is 45.6 Å². The van der Waals surface area contributed by atoms with Crippen molar-refractivity contribution in [2.24, 2.45) is 5.73 Å². The van der Waals surface area contributed by atoms with Crippen molar-refractivity contribution in [1.29, 1.82) is 0 Å². The smallest absolute Gasteiger partial charge is 0.248 e. The Labute approximate surface area is 115 Å². The Balaban J connectivity index is 1.90. The molecule has 1 aromatic carbocycles. The molecule has 0 saturated heterocycles. The molecule has 5 heteroatoms. The maximum absolute atomic E-state index is 11.1. The molecule has 0 aliphatic carbocycles. The van der Waals surface area contributed by atoms with Crippen LogP contribution in [-0.4, -0.2) is 12.5 Å². The molecule has 1 amide bonds. The number of hydrogen-bond acceptors (Lipinski definition) is 4. The van der Waals surface area contributed by atoms with Gasteiger partial charge in [0.25, 0.3) is 0 Å². The SMILES string of the molecule is NC(=O)c1ccc(N2CCc3sccc3C2)c(N)c1. The lowest BCUT2D eigenvalue weighted by molar-refractivity contribution is 0.100. The van der Waals surface area contributed by atoms with Gasteiger partial charge in [-0.15, -0.1) is 11.3 Å². The minimum Gasteiger partial charge on any atom is -0.397 e. The molecule has 1 aliphatic rings. The molecule has 0 saturated carbocycles. The monoisotopic (exact) mass is 273 g/mol. The molecule has 4 N–H and O–H groups in total. The summed E-state index contributed by atoms with van der Waals surface area (Å²) in [4.78, 5) is 14.8. The molecule has 2 aromatic rings. The Morgan fingerprint density at radius 3 is 2.89 bits per heavy atom. The number of thiophene rings is 1. The van der Waals surface area contributed by atoms with Crippen molar-refractivity contribution < 1.29 is 4.79 Å². The average Bonchev–Trinajstić information content (AvgIpc) is 2.85. The number of nitrogens with zero attached hydrogens (tertiary/aromatic N) is 1. The Morgan fingerprint density at radius 2 is 2.16 bits per heavy atom. The third-order valence-corrected chi connectivity index (χ3v) is 4.48. The molecule has 0 radical (unpaired) electrons. The van der Waals surface area contributed by atoms with E-state index in [0.717, 1.165) is 25.2 Å². The fourth-order valence-corrected chi connectivity index (χ4v) is 3.34. The van der Waals surface area contributed by atoms with Gasteiger partial charge in [0.1, 0.15) is 0 Å². The van der Waals surface area contributed by atoms with Gasteiger partial charge < -0.3 is 16.4 Å². The number of nitrogen functional groups attached to an aromatic ring is 1. The molecule has 19 heavy (non-hydrogen) atoms. The summed E-state index contributed by atoms with van der Waals surface area (Å²) in [5.74, 6) is -0.447. The van der Waals surface area contributed by atoms with Gasteiger partial charge in [-0.1, -0.05) is 0 Å². The highest BCUT2D eigenvalue weighted by Gasteiger charge is 2.19. The lowest BCUT2D eigenvalue weighted by Gasteiger charge is -2.30. The maximum Gasteiger partial charge on any atom is 0.248 e. The van der Waals surface area contributed by atoms with Crippen molar-refractivity contribution in [1.82, 2.24) is 0 Å². The van der Waals surface area contributed by atoms with Gasteiger partial charge in [-0.2, -0.15) is 0 Å². The van der Waals surface area contributed by atoms with E-state index in [1.165, 1.54) is 10.4 Å². The minimum absolute atomic E-state index is 0.447. The van der Waals surface area contributed by atoms with E-state index in [0.29, 0.717) is 11.3 Å². The highest BCUT2D eigenvalue weighted by Crippen LogP contribution is 2.31. The van der Waals surface area contributed by atoms with Crippen molar-refractivity contribution in [3.63, 3.8) is 0 Å². The van der Waals surface area contributed by atoms with Crippen LogP contribution in [0, 0.1) is 0 Å². The van der Waals surface area contributed by atoms with Gasteiger partial charge in [0.2, 0.25) is 5.91 Å². The number of rotatable bonds is 2. The maximum atomic E-state index is 11.1. The summed E-state index contributed by atoms with van der Waals surface area (Å²) < 4.78 is 0. The van der Waals surface area contributed by atoms with Crippen LogP contribution >= 0.6 is 11.3 Å². The summed E-state index contributed by atoms with van der Waals surface area (Å²) in [5, 5.41) is 2.13. The summed E-state index contributed by atoms with van der Waals surface area (Å²) in [6.07, 6.45) is 1.05. The van der Waals surface area contributed by atoms with Gasteiger partial charge in [0.15, 0.2) is 0 Å². The van der Waals surface area contributed by atoms with Crippen molar-refractivity contribution in [3.8, 4) is 0 Å². The van der Waals surface area contributed by atoms with E-state index in [-0.39, 0.29) is 0 Å². The van der Waals surface area contributed by atoms with E-state index in [1.807, 2.05) is 17.4 Å². The predicted molar refractivity (Wildman–Crippen MR) is 78.4 cm³/mol. The quantitative estimate of drug-likeness (QED) is 0.822. The molecular formula is C14H15N3OS. The molecule has 0 spiro atoms. The van der Waals surface area contributed by atoms with Crippen LogP contribution in [0.2, 0.25) is 0 Å². The van der Waals surface area contributed by atoms with Crippen LogP contribution in [0.5, 0.6) is 0 Å². The summed E-state index contributed by atoms with van der Waals surface area (Å²) in [5.41, 5.74) is 14.7. The van der Waals surface area contributed by atoms with Gasteiger partial charge in [-0.25, -0.2) is 0 Å². The number of nitrogens with two attached hydrogens (primary N) is 2. The highest BCUT2D eigenvalue weighted by atomic mass is 32.1. The van der Waals surface area contributed by atoms with E-state index in [1.54, 1.807) is 12.1 Å². The third-order valence-electron chi connectivity index (χ3n) is 3.46. The molecule has 98 valence electrons. The van der Waals surface area contributed by atoms with Gasteiger partial charge in [-0.05, 0) is 41.6 Å². The molecule has 2 heterocycles. The summed E-state index contributed by atoms with van der Waals surface area (Å²) in [7, 11) is 0. The minimum atomic E-state index is -0.447. The van der Waals surface area contributed by atoms with Crippen molar-refractivity contribution in [2.75, 3.05) is 17.2 Å². The number of carbonyl (C=O) groups is 1. The van der Waals surface area contributed by atoms with E-state index >= 15 is 0 Å². The summed E-state index contributed by atoms with van der Waals surface area (Å²) in [6.45, 7) is 1.83. The molecular weight excluding hydrogens is 258 g/mol. The second-order valence-electron chi connectivity index (χ2n) is 4.68. The first-order valence-corrected chi connectivity index (χ1v) is 7.02. The Bertz CT molecular complexity index is 635. The zero-order chi connectivity index (χ0) is 13.4. The number of primary amides is 1. The van der Waals surface area contributed by atoms with Gasteiger partial charge >= 0.3 is 0 Å². The first-order valence-electron chi connectivity index (χ1n) is 6.14. The van der Waals surface area contributed by atoms with Gasteiger partial charge in [0, 0.05) is 23.5 Å². The van der Waals surface area contributed by atoms with E-state index in [2.05, 4.69) is 16.3 Å². The number of hydrogen-bond donors (Lipinski definition) is 2. The first kappa shape index (κ1) is 12.0. The molecule has 1 aromatic heterocycles. The second kappa shape index (κ2) is 4.59. The van der Waals surface area contributed by atoms with Gasteiger partial charge in [0.05, 0.1) is 11.4 Å². The fraction of sp³-hybridized carbons (Fsp3) is 0.214. The molecule has 0 atom stereocenters. The van der Waals surface area contributed by atoms with Crippen LogP contribution in [0.25, 0.3) is 0 Å². The van der Waals surface area contributed by atoms with Gasteiger partial charge in [-0.3, -0.25) is 4.79 Å². The average molecular weight is 273 g/mol. The number of carbonyl (C=O) groups excluding carboxylic acids is 1. The van der Waals surface area contributed by atoms with Crippen LogP contribution in [0.4, 0.5) is 11.4 Å². The first-order chi connectivity index (χ1) is 9.15. The van der Waals surface area contributed by atoms with Crippen LogP contribution in [0.15, 0.2) is 29.6 Å². The number of amides is 1. The van der Waals surface area contributed by atoms with E-state index < -0.39 is 5.91 Å². The topological polar surface area (TPSA) is 72.4 Å². The fourth-order valence-electron chi connectivity index (χ4n) is 2.45. The Kier molecular flexibility index (Phi) is 2.91. The lowest BCUT2D eigenvalue weighted by Crippen LogP contribution is -2.30. The number of benzene rings is 1. The zero-order valence-corrected chi connectivity index (χ0v) is 11.2. The van der Waals surface area contributed by atoms with E-state index in [4.69, 9.17) is 11.5 Å². The normalized spacial score (nSPS) is 14.2. The van der Waals surface area contributed by atoms with Crippen molar-refractivity contribution >= 4 is 28.6 Å². The molecule has 0 bridgehead atoms. The molecule has 3 rings (SSSR count). The molecule has 0 fully saturated rings. The summed E-state index contributed by atoms with van der Waals surface area (Å²) in [6, 6.07) is 7.44. The van der Waals surface area contributed by atoms with Crippen LogP contribution in [0.1, 0.15) is 20.8 Å². The second-order valence-corrected chi connectivity index (χ2v) is 5.68. The third kappa shape index (κ3) is 2.17. The number of fused-ring (bicyclic) bond motifs is 1. The Hall–Kier alpha value is -2.01. The molecule has 1 aliphatic heterocycles. The largest absolute Gasteiger partial charge is 0.397 e.